The second kappa shape index (κ2) is 5.92. The minimum Gasteiger partial charge on any atom is -0.465 e. The molecule has 0 saturated heterocycles. The van der Waals surface area contributed by atoms with Gasteiger partial charge in [0.05, 0.1) is 6.61 Å². The second-order valence-corrected chi connectivity index (χ2v) is 5.87. The predicted octanol–water partition coefficient (Wildman–Crippen LogP) is 1.54. The summed E-state index contributed by atoms with van der Waals surface area (Å²) in [4.78, 5) is 12.1. The van der Waals surface area contributed by atoms with Gasteiger partial charge in [-0.25, -0.2) is 0 Å². The molecule has 1 N–H and O–H groups in total. The van der Waals surface area contributed by atoms with E-state index in [1.807, 2.05) is 6.92 Å². The zero-order chi connectivity index (χ0) is 13.9. The normalized spacial score (nSPS) is 26.6. The van der Waals surface area contributed by atoms with Crippen LogP contribution in [0.4, 0.5) is 0 Å². The first-order chi connectivity index (χ1) is 9.09. The lowest BCUT2D eigenvalue weighted by Crippen LogP contribution is -2.49. The van der Waals surface area contributed by atoms with Crippen molar-refractivity contribution in [2.24, 2.45) is 0 Å². The summed E-state index contributed by atoms with van der Waals surface area (Å²) >= 11 is 1.54. The summed E-state index contributed by atoms with van der Waals surface area (Å²) in [6.07, 6.45) is 2.41. The Labute approximate surface area is 116 Å². The monoisotopic (exact) mass is 285 g/mol. The van der Waals surface area contributed by atoms with E-state index in [1.165, 1.54) is 11.8 Å². The highest BCUT2D eigenvalue weighted by atomic mass is 32.2. The number of thioether (sulfide) groups is 1. The highest BCUT2D eigenvalue weighted by Gasteiger charge is 2.46. The van der Waals surface area contributed by atoms with Gasteiger partial charge in [-0.1, -0.05) is 11.8 Å². The van der Waals surface area contributed by atoms with Gasteiger partial charge < -0.3 is 14.5 Å². The van der Waals surface area contributed by atoms with Crippen LogP contribution in [0.25, 0.3) is 0 Å². The molecule has 0 aliphatic heterocycles. The molecule has 1 aliphatic carbocycles. The number of aromatic nitrogens is 2. The van der Waals surface area contributed by atoms with Crippen LogP contribution in [0.3, 0.4) is 0 Å². The van der Waals surface area contributed by atoms with Crippen LogP contribution in [0.15, 0.2) is 9.64 Å². The lowest BCUT2D eigenvalue weighted by Gasteiger charge is -2.26. The van der Waals surface area contributed by atoms with Crippen LogP contribution in [-0.4, -0.2) is 40.6 Å². The molecule has 1 heterocycles. The number of carbonyl (C=O) groups excluding carboxylic acids is 1. The van der Waals surface area contributed by atoms with Gasteiger partial charge in [-0.05, 0) is 33.2 Å². The molecule has 2 rings (SSSR count). The molecule has 1 aromatic heterocycles. The molecule has 2 unspecified atom stereocenters. The molecule has 0 bridgehead atoms. The number of ether oxygens (including phenoxy) is 1. The Hall–Kier alpha value is -1.08. The van der Waals surface area contributed by atoms with Crippen LogP contribution in [0, 0.1) is 6.92 Å². The fraction of sp³-hybridized carbons (Fsp3) is 0.750. The third-order valence-corrected chi connectivity index (χ3v) is 4.49. The summed E-state index contributed by atoms with van der Waals surface area (Å²) in [6, 6.07) is 0. The van der Waals surface area contributed by atoms with E-state index < -0.39 is 5.54 Å². The standard InChI is InChI=1S/C12H19N3O3S/c1-4-17-10(16)12(13-3)6-5-9(7-12)19-11-15-14-8(2)18-11/h9,13H,4-7H2,1-3H3. The van der Waals surface area contributed by atoms with Gasteiger partial charge in [0.15, 0.2) is 0 Å². The molecule has 1 saturated carbocycles. The van der Waals surface area contributed by atoms with Gasteiger partial charge in [-0.15, -0.1) is 10.2 Å². The quantitative estimate of drug-likeness (QED) is 0.822. The van der Waals surface area contributed by atoms with E-state index in [0.29, 0.717) is 24.1 Å². The lowest BCUT2D eigenvalue weighted by atomic mass is 9.98. The fourth-order valence-corrected chi connectivity index (χ4v) is 3.50. The van der Waals surface area contributed by atoms with Crippen LogP contribution in [0.1, 0.15) is 32.1 Å². The van der Waals surface area contributed by atoms with Gasteiger partial charge in [-0.2, -0.15) is 0 Å². The van der Waals surface area contributed by atoms with Gasteiger partial charge in [0.25, 0.3) is 5.22 Å². The molecule has 0 aromatic carbocycles. The molecule has 1 fully saturated rings. The highest BCUT2D eigenvalue weighted by Crippen LogP contribution is 2.40. The molecular weight excluding hydrogens is 266 g/mol. The fourth-order valence-electron chi connectivity index (χ4n) is 2.35. The number of nitrogens with zero attached hydrogens (tertiary/aromatic N) is 2. The Morgan fingerprint density at radius 1 is 1.63 bits per heavy atom. The maximum atomic E-state index is 12.1. The van der Waals surface area contributed by atoms with Crippen molar-refractivity contribution in [3.8, 4) is 0 Å². The molecule has 7 heteroatoms. The smallest absolute Gasteiger partial charge is 0.326 e. The zero-order valence-corrected chi connectivity index (χ0v) is 12.2. The number of esters is 1. The van der Waals surface area contributed by atoms with Crippen molar-refractivity contribution in [3.05, 3.63) is 5.89 Å². The molecule has 106 valence electrons. The molecule has 0 spiro atoms. The SMILES string of the molecule is CCOC(=O)C1(NC)CCC(Sc2nnc(C)o2)C1. The summed E-state index contributed by atoms with van der Waals surface area (Å²) in [6.45, 7) is 3.99. The van der Waals surface area contributed by atoms with E-state index in [-0.39, 0.29) is 11.2 Å². The average molecular weight is 285 g/mol. The Bertz CT molecular complexity index is 451. The number of likely N-dealkylation sites (N-methyl/N-ethyl adjacent to an activating group) is 1. The molecular formula is C12H19N3O3S. The summed E-state index contributed by atoms with van der Waals surface area (Å²) in [7, 11) is 1.81. The third kappa shape index (κ3) is 3.09. The van der Waals surface area contributed by atoms with Crippen molar-refractivity contribution in [1.82, 2.24) is 15.5 Å². The Kier molecular flexibility index (Phi) is 4.46. The van der Waals surface area contributed by atoms with E-state index in [1.54, 1.807) is 14.0 Å². The number of nitrogens with one attached hydrogen (secondary N) is 1. The summed E-state index contributed by atoms with van der Waals surface area (Å²) < 4.78 is 10.5. The third-order valence-electron chi connectivity index (χ3n) is 3.39. The molecule has 0 radical (unpaired) electrons. The van der Waals surface area contributed by atoms with Crippen LogP contribution in [-0.2, 0) is 9.53 Å². The van der Waals surface area contributed by atoms with Crippen molar-refractivity contribution in [2.75, 3.05) is 13.7 Å². The molecule has 6 nitrogen and oxygen atoms in total. The minimum atomic E-state index is -0.567. The zero-order valence-electron chi connectivity index (χ0n) is 11.4. The average Bonchev–Trinajstić information content (AvgIpc) is 2.98. The number of rotatable bonds is 5. The first kappa shape index (κ1) is 14.3. The van der Waals surface area contributed by atoms with E-state index in [9.17, 15) is 4.79 Å². The maximum absolute atomic E-state index is 12.1. The first-order valence-corrected chi connectivity index (χ1v) is 7.30. The van der Waals surface area contributed by atoms with Gasteiger partial charge >= 0.3 is 5.97 Å². The number of aryl methyl sites for hydroxylation is 1. The number of hydrogen-bond acceptors (Lipinski definition) is 7. The predicted molar refractivity (Wildman–Crippen MR) is 71.0 cm³/mol. The van der Waals surface area contributed by atoms with Crippen molar-refractivity contribution in [3.63, 3.8) is 0 Å². The van der Waals surface area contributed by atoms with Crippen LogP contribution >= 0.6 is 11.8 Å². The van der Waals surface area contributed by atoms with Crippen molar-refractivity contribution >= 4 is 17.7 Å². The van der Waals surface area contributed by atoms with Crippen molar-refractivity contribution in [1.29, 1.82) is 0 Å². The molecule has 2 atom stereocenters. The summed E-state index contributed by atoms with van der Waals surface area (Å²) in [5.41, 5.74) is -0.567. The van der Waals surface area contributed by atoms with Crippen LogP contribution in [0.5, 0.6) is 0 Å². The minimum absolute atomic E-state index is 0.165. The molecule has 19 heavy (non-hydrogen) atoms. The van der Waals surface area contributed by atoms with Gasteiger partial charge in [-0.3, -0.25) is 4.79 Å². The van der Waals surface area contributed by atoms with Gasteiger partial charge in [0.1, 0.15) is 5.54 Å². The summed E-state index contributed by atoms with van der Waals surface area (Å²) in [5, 5.41) is 11.8. The first-order valence-electron chi connectivity index (χ1n) is 6.42. The van der Waals surface area contributed by atoms with E-state index in [2.05, 4.69) is 15.5 Å². The number of carbonyl (C=O) groups is 1. The Balaban J connectivity index is 1.99. The highest BCUT2D eigenvalue weighted by molar-refractivity contribution is 7.99. The topological polar surface area (TPSA) is 77.2 Å². The Morgan fingerprint density at radius 2 is 2.42 bits per heavy atom. The van der Waals surface area contributed by atoms with E-state index in [0.717, 1.165) is 12.8 Å². The Morgan fingerprint density at radius 3 is 3.00 bits per heavy atom. The van der Waals surface area contributed by atoms with E-state index >= 15 is 0 Å². The van der Waals surface area contributed by atoms with Gasteiger partial charge in [0.2, 0.25) is 5.89 Å². The second-order valence-electron chi connectivity index (χ2n) is 4.62. The van der Waals surface area contributed by atoms with E-state index in [4.69, 9.17) is 9.15 Å². The molecule has 0 amide bonds. The van der Waals surface area contributed by atoms with Gasteiger partial charge in [0, 0.05) is 12.2 Å². The van der Waals surface area contributed by atoms with Crippen LogP contribution in [0.2, 0.25) is 0 Å². The van der Waals surface area contributed by atoms with Crippen molar-refractivity contribution in [2.45, 2.75) is 49.1 Å². The number of hydrogen-bond donors (Lipinski definition) is 1. The molecule has 1 aromatic rings. The summed E-state index contributed by atoms with van der Waals surface area (Å²) in [5.74, 6) is 0.396. The largest absolute Gasteiger partial charge is 0.465 e. The maximum Gasteiger partial charge on any atom is 0.326 e. The lowest BCUT2D eigenvalue weighted by molar-refractivity contribution is -0.150. The van der Waals surface area contributed by atoms with Crippen LogP contribution < -0.4 is 5.32 Å². The van der Waals surface area contributed by atoms with Crippen molar-refractivity contribution < 1.29 is 13.9 Å². The molecule has 1 aliphatic rings.